The van der Waals surface area contributed by atoms with Crippen LogP contribution in [0.1, 0.15) is 27.2 Å². The minimum absolute atomic E-state index is 0.176. The van der Waals surface area contributed by atoms with Gasteiger partial charge in [0.25, 0.3) is 0 Å². The number of morpholine rings is 1. The van der Waals surface area contributed by atoms with Gasteiger partial charge in [0.15, 0.2) is 0 Å². The van der Waals surface area contributed by atoms with Gasteiger partial charge in [-0.05, 0) is 13.3 Å². The summed E-state index contributed by atoms with van der Waals surface area (Å²) in [6, 6.07) is 0.484. The van der Waals surface area contributed by atoms with Gasteiger partial charge in [0, 0.05) is 25.2 Å². The van der Waals surface area contributed by atoms with E-state index < -0.39 is 0 Å². The maximum Gasteiger partial charge on any atom is 0.322 e. The lowest BCUT2D eigenvalue weighted by molar-refractivity contribution is -0.143. The molecular weight excluding hydrogens is 232 g/mol. The van der Waals surface area contributed by atoms with E-state index >= 15 is 0 Å². The molecule has 1 saturated heterocycles. The quantitative estimate of drug-likeness (QED) is 0.708. The van der Waals surface area contributed by atoms with Crippen LogP contribution < -0.4 is 5.32 Å². The van der Waals surface area contributed by atoms with Gasteiger partial charge >= 0.3 is 5.97 Å². The number of carbonyl (C=O) groups excluding carboxylic acids is 1. The van der Waals surface area contributed by atoms with Crippen LogP contribution in [0.15, 0.2) is 0 Å². The zero-order chi connectivity index (χ0) is 13.5. The maximum atomic E-state index is 11.7. The molecule has 2 unspecified atom stereocenters. The van der Waals surface area contributed by atoms with Crippen LogP contribution in [0.5, 0.6) is 0 Å². The van der Waals surface area contributed by atoms with E-state index in [0.29, 0.717) is 6.04 Å². The van der Waals surface area contributed by atoms with Crippen LogP contribution in [-0.4, -0.2) is 62.4 Å². The van der Waals surface area contributed by atoms with E-state index in [0.717, 1.165) is 32.7 Å². The Morgan fingerprint density at radius 2 is 2.28 bits per heavy atom. The number of nitrogens with one attached hydrogen (secondary N) is 1. The Morgan fingerprint density at radius 3 is 2.83 bits per heavy atom. The number of esters is 1. The molecule has 0 amide bonds. The van der Waals surface area contributed by atoms with Gasteiger partial charge in [-0.25, -0.2) is 0 Å². The molecular formula is C13H26N2O3. The van der Waals surface area contributed by atoms with Gasteiger partial charge in [-0.2, -0.15) is 0 Å². The standard InChI is InChI=1S/C13H26N2O3/c1-10(2)14-12(13(16)17-4)5-6-15-7-8-18-9-11(15)3/h10-12,14H,5-9H2,1-4H3. The fourth-order valence-electron chi connectivity index (χ4n) is 2.20. The molecule has 1 rings (SSSR count). The lowest BCUT2D eigenvalue weighted by atomic mass is 10.1. The van der Waals surface area contributed by atoms with Crippen LogP contribution in [0.4, 0.5) is 0 Å². The van der Waals surface area contributed by atoms with Gasteiger partial charge in [-0.15, -0.1) is 0 Å². The third kappa shape index (κ3) is 4.92. The molecule has 2 atom stereocenters. The SMILES string of the molecule is COC(=O)C(CCN1CCOCC1C)NC(C)C. The van der Waals surface area contributed by atoms with Gasteiger partial charge < -0.3 is 14.8 Å². The van der Waals surface area contributed by atoms with E-state index in [-0.39, 0.29) is 18.1 Å². The molecule has 0 aromatic heterocycles. The van der Waals surface area contributed by atoms with E-state index in [1.165, 1.54) is 7.11 Å². The fourth-order valence-corrected chi connectivity index (χ4v) is 2.20. The van der Waals surface area contributed by atoms with E-state index in [1.807, 2.05) is 13.8 Å². The lowest BCUT2D eigenvalue weighted by Gasteiger charge is -2.34. The summed E-state index contributed by atoms with van der Waals surface area (Å²) in [5.74, 6) is -0.176. The van der Waals surface area contributed by atoms with Gasteiger partial charge in [0.05, 0.1) is 20.3 Å². The van der Waals surface area contributed by atoms with Gasteiger partial charge in [-0.3, -0.25) is 9.69 Å². The minimum Gasteiger partial charge on any atom is -0.468 e. The number of hydrogen-bond acceptors (Lipinski definition) is 5. The van der Waals surface area contributed by atoms with Gasteiger partial charge in [0.1, 0.15) is 6.04 Å². The summed E-state index contributed by atoms with van der Waals surface area (Å²) in [5, 5.41) is 3.25. The van der Waals surface area contributed by atoms with Crippen molar-refractivity contribution in [1.29, 1.82) is 0 Å². The molecule has 1 aliphatic heterocycles. The third-order valence-electron chi connectivity index (χ3n) is 3.23. The second-order valence-electron chi connectivity index (χ2n) is 5.15. The van der Waals surface area contributed by atoms with Crippen LogP contribution in [0.2, 0.25) is 0 Å². The number of carbonyl (C=O) groups is 1. The van der Waals surface area contributed by atoms with Crippen molar-refractivity contribution in [2.75, 3.05) is 33.4 Å². The first-order chi connectivity index (χ1) is 8.54. The smallest absolute Gasteiger partial charge is 0.322 e. The summed E-state index contributed by atoms with van der Waals surface area (Å²) in [6.45, 7) is 9.62. The molecule has 0 aromatic rings. The highest BCUT2D eigenvalue weighted by Crippen LogP contribution is 2.08. The van der Waals surface area contributed by atoms with E-state index in [4.69, 9.17) is 9.47 Å². The number of nitrogens with zero attached hydrogens (tertiary/aromatic N) is 1. The van der Waals surface area contributed by atoms with Crippen molar-refractivity contribution in [3.63, 3.8) is 0 Å². The summed E-state index contributed by atoms with van der Waals surface area (Å²) in [6.07, 6.45) is 0.773. The molecule has 18 heavy (non-hydrogen) atoms. The Labute approximate surface area is 110 Å². The highest BCUT2D eigenvalue weighted by molar-refractivity contribution is 5.75. The first kappa shape index (κ1) is 15.4. The topological polar surface area (TPSA) is 50.8 Å². The third-order valence-corrected chi connectivity index (χ3v) is 3.23. The Kier molecular flexibility index (Phi) is 6.60. The van der Waals surface area contributed by atoms with Crippen LogP contribution in [0, 0.1) is 0 Å². The molecule has 0 bridgehead atoms. The van der Waals surface area contributed by atoms with E-state index in [9.17, 15) is 4.79 Å². The minimum atomic E-state index is -0.218. The Balaban J connectivity index is 2.42. The second-order valence-corrected chi connectivity index (χ2v) is 5.15. The van der Waals surface area contributed by atoms with E-state index in [2.05, 4.69) is 17.1 Å². The normalized spacial score (nSPS) is 23.1. The summed E-state index contributed by atoms with van der Waals surface area (Å²) in [5.41, 5.74) is 0. The van der Waals surface area contributed by atoms with Crippen molar-refractivity contribution >= 4 is 5.97 Å². The Hall–Kier alpha value is -0.650. The maximum absolute atomic E-state index is 11.7. The number of rotatable bonds is 6. The van der Waals surface area contributed by atoms with Gasteiger partial charge in [-0.1, -0.05) is 13.8 Å². The van der Waals surface area contributed by atoms with Crippen LogP contribution >= 0.6 is 0 Å². The average Bonchev–Trinajstić information content (AvgIpc) is 2.34. The molecule has 0 aliphatic carbocycles. The molecule has 0 aromatic carbocycles. The van der Waals surface area contributed by atoms with Crippen molar-refractivity contribution in [2.24, 2.45) is 0 Å². The predicted molar refractivity (Wildman–Crippen MR) is 70.5 cm³/mol. The Bertz CT molecular complexity index is 259. The molecule has 1 heterocycles. The molecule has 0 radical (unpaired) electrons. The first-order valence-corrected chi connectivity index (χ1v) is 6.70. The number of ether oxygens (including phenoxy) is 2. The molecule has 0 saturated carbocycles. The number of hydrogen-bond donors (Lipinski definition) is 1. The second kappa shape index (κ2) is 7.71. The molecule has 1 N–H and O–H groups in total. The van der Waals surface area contributed by atoms with Crippen molar-refractivity contribution < 1.29 is 14.3 Å². The van der Waals surface area contributed by atoms with Crippen molar-refractivity contribution in [3.05, 3.63) is 0 Å². The zero-order valence-electron chi connectivity index (χ0n) is 11.9. The van der Waals surface area contributed by atoms with Crippen LogP contribution in [0.3, 0.4) is 0 Å². The van der Waals surface area contributed by atoms with Crippen molar-refractivity contribution in [2.45, 2.75) is 45.3 Å². The predicted octanol–water partition coefficient (Wildman–Crippen LogP) is 0.637. The first-order valence-electron chi connectivity index (χ1n) is 6.70. The van der Waals surface area contributed by atoms with Crippen LogP contribution in [-0.2, 0) is 14.3 Å². The summed E-state index contributed by atoms with van der Waals surface area (Å²) < 4.78 is 10.2. The Morgan fingerprint density at radius 1 is 1.56 bits per heavy atom. The highest BCUT2D eigenvalue weighted by atomic mass is 16.5. The molecule has 1 aliphatic rings. The average molecular weight is 258 g/mol. The lowest BCUT2D eigenvalue weighted by Crippen LogP contribution is -2.48. The van der Waals surface area contributed by atoms with Gasteiger partial charge in [0.2, 0.25) is 0 Å². The van der Waals surface area contributed by atoms with Crippen molar-refractivity contribution in [3.8, 4) is 0 Å². The summed E-state index contributed by atoms with van der Waals surface area (Å²) in [7, 11) is 1.44. The largest absolute Gasteiger partial charge is 0.468 e. The molecule has 1 fully saturated rings. The molecule has 5 nitrogen and oxygen atoms in total. The summed E-state index contributed by atoms with van der Waals surface area (Å²) >= 11 is 0. The molecule has 0 spiro atoms. The molecule has 5 heteroatoms. The number of methoxy groups -OCH3 is 1. The van der Waals surface area contributed by atoms with E-state index in [1.54, 1.807) is 0 Å². The summed E-state index contributed by atoms with van der Waals surface area (Å²) in [4.78, 5) is 14.0. The molecule has 106 valence electrons. The highest BCUT2D eigenvalue weighted by Gasteiger charge is 2.23. The monoisotopic (exact) mass is 258 g/mol. The van der Waals surface area contributed by atoms with Crippen LogP contribution in [0.25, 0.3) is 0 Å². The fraction of sp³-hybridized carbons (Fsp3) is 0.923. The zero-order valence-corrected chi connectivity index (χ0v) is 11.9. The van der Waals surface area contributed by atoms with Crippen molar-refractivity contribution in [1.82, 2.24) is 10.2 Å².